The predicted molar refractivity (Wildman–Crippen MR) is 63.6 cm³/mol. The smallest absolute Gasteiger partial charge is 0.0945 e. The monoisotopic (exact) mass is 219 g/mol. The molecule has 1 aromatic heterocycles. The van der Waals surface area contributed by atoms with Gasteiger partial charge in [-0.3, -0.25) is 0 Å². The minimum atomic E-state index is 0.838. The van der Waals surface area contributed by atoms with Crippen LogP contribution in [0.1, 0.15) is 5.69 Å². The maximum absolute atomic E-state index is 5.85. The number of thioether (sulfide) groups is 1. The highest BCUT2D eigenvalue weighted by Gasteiger charge is 2.02. The fraction of sp³-hybridized carbons (Fsp3) is 0.182. The number of rotatable bonds is 3. The number of benzene rings is 1. The summed E-state index contributed by atoms with van der Waals surface area (Å²) in [5, 5.41) is 0. The summed E-state index contributed by atoms with van der Waals surface area (Å²) >= 11 is 1.73. The lowest BCUT2D eigenvalue weighted by atomic mass is 10.3. The van der Waals surface area contributed by atoms with Crippen LogP contribution in [-0.4, -0.2) is 9.55 Å². The van der Waals surface area contributed by atoms with E-state index in [1.165, 1.54) is 5.69 Å². The summed E-state index contributed by atoms with van der Waals surface area (Å²) in [6.45, 7) is 0. The van der Waals surface area contributed by atoms with Crippen molar-refractivity contribution < 1.29 is 0 Å². The number of anilines is 1. The van der Waals surface area contributed by atoms with Gasteiger partial charge in [-0.05, 0) is 12.1 Å². The third-order valence-electron chi connectivity index (χ3n) is 2.21. The first kappa shape index (κ1) is 10.1. The Balaban J connectivity index is 2.06. The highest BCUT2D eigenvalue weighted by Crippen LogP contribution is 2.27. The number of para-hydroxylation sites is 1. The van der Waals surface area contributed by atoms with Crippen molar-refractivity contribution in [1.29, 1.82) is 0 Å². The number of aromatic nitrogens is 2. The fourth-order valence-corrected chi connectivity index (χ4v) is 2.28. The molecular weight excluding hydrogens is 206 g/mol. The Morgan fingerprint density at radius 3 is 2.87 bits per heavy atom. The molecule has 0 saturated carbocycles. The van der Waals surface area contributed by atoms with E-state index in [0.717, 1.165) is 16.3 Å². The number of aryl methyl sites for hydroxylation is 1. The fourth-order valence-electron chi connectivity index (χ4n) is 1.29. The van der Waals surface area contributed by atoms with E-state index in [9.17, 15) is 0 Å². The van der Waals surface area contributed by atoms with Gasteiger partial charge in [0.25, 0.3) is 0 Å². The Morgan fingerprint density at radius 2 is 2.20 bits per heavy atom. The largest absolute Gasteiger partial charge is 0.398 e. The molecule has 0 fully saturated rings. The molecule has 0 aliphatic rings. The normalized spacial score (nSPS) is 10.5. The van der Waals surface area contributed by atoms with Gasteiger partial charge in [-0.1, -0.05) is 12.1 Å². The summed E-state index contributed by atoms with van der Waals surface area (Å²) in [5.41, 5.74) is 7.89. The van der Waals surface area contributed by atoms with Crippen LogP contribution in [0.2, 0.25) is 0 Å². The Kier molecular flexibility index (Phi) is 2.97. The Hall–Kier alpha value is -1.42. The number of nitrogens with two attached hydrogens (primary N) is 1. The third-order valence-corrected chi connectivity index (χ3v) is 3.33. The van der Waals surface area contributed by atoms with Crippen molar-refractivity contribution >= 4 is 17.4 Å². The molecule has 15 heavy (non-hydrogen) atoms. The zero-order valence-electron chi connectivity index (χ0n) is 8.55. The minimum Gasteiger partial charge on any atom is -0.398 e. The first-order valence-corrected chi connectivity index (χ1v) is 5.68. The summed E-state index contributed by atoms with van der Waals surface area (Å²) in [4.78, 5) is 5.20. The third kappa shape index (κ3) is 2.33. The molecule has 0 atom stereocenters. The number of imidazole rings is 1. The molecule has 78 valence electrons. The maximum Gasteiger partial charge on any atom is 0.0945 e. The summed E-state index contributed by atoms with van der Waals surface area (Å²) in [7, 11) is 2.00. The Labute approximate surface area is 93.3 Å². The molecule has 0 radical (unpaired) electrons. The van der Waals surface area contributed by atoms with Gasteiger partial charge >= 0.3 is 0 Å². The van der Waals surface area contributed by atoms with Crippen molar-refractivity contribution in [1.82, 2.24) is 9.55 Å². The zero-order chi connectivity index (χ0) is 10.7. The van der Waals surface area contributed by atoms with Crippen LogP contribution in [0.5, 0.6) is 0 Å². The van der Waals surface area contributed by atoms with E-state index >= 15 is 0 Å². The van der Waals surface area contributed by atoms with Gasteiger partial charge in [0.15, 0.2) is 0 Å². The van der Waals surface area contributed by atoms with Crippen molar-refractivity contribution in [3.05, 3.63) is 42.5 Å². The van der Waals surface area contributed by atoms with Crippen molar-refractivity contribution in [2.45, 2.75) is 10.6 Å². The lowest BCUT2D eigenvalue weighted by Crippen LogP contribution is -1.93. The molecule has 3 nitrogen and oxygen atoms in total. The number of hydrogen-bond donors (Lipinski definition) is 1. The van der Waals surface area contributed by atoms with E-state index < -0.39 is 0 Å². The number of nitrogens with zero attached hydrogens (tertiary/aromatic N) is 2. The average molecular weight is 219 g/mol. The van der Waals surface area contributed by atoms with Gasteiger partial charge < -0.3 is 10.3 Å². The summed E-state index contributed by atoms with van der Waals surface area (Å²) in [5.74, 6) is 0.894. The van der Waals surface area contributed by atoms with Gasteiger partial charge in [0.05, 0.1) is 6.33 Å². The van der Waals surface area contributed by atoms with E-state index in [-0.39, 0.29) is 0 Å². The Morgan fingerprint density at radius 1 is 1.40 bits per heavy atom. The maximum atomic E-state index is 5.85. The number of nitrogen functional groups attached to an aromatic ring is 1. The molecule has 0 unspecified atom stereocenters. The summed E-state index contributed by atoms with van der Waals surface area (Å²) in [6.07, 6.45) is 3.69. The second kappa shape index (κ2) is 4.40. The minimum absolute atomic E-state index is 0.838. The standard InChI is InChI=1S/C11H13N3S/c1-14-8-13-6-9(14)7-15-11-5-3-2-4-10(11)12/h2-6,8H,7,12H2,1H3. The molecule has 0 aliphatic heterocycles. The predicted octanol–water partition coefficient (Wildman–Crippen LogP) is 2.29. The van der Waals surface area contributed by atoms with Crippen LogP contribution in [0, 0.1) is 0 Å². The SMILES string of the molecule is Cn1cncc1CSc1ccccc1N. The molecule has 0 aliphatic carbocycles. The van der Waals surface area contributed by atoms with Gasteiger partial charge in [-0.25, -0.2) is 4.98 Å². The van der Waals surface area contributed by atoms with Crippen LogP contribution in [-0.2, 0) is 12.8 Å². The van der Waals surface area contributed by atoms with E-state index in [1.807, 2.05) is 48.4 Å². The van der Waals surface area contributed by atoms with Crippen LogP contribution in [0.25, 0.3) is 0 Å². The van der Waals surface area contributed by atoms with E-state index in [2.05, 4.69) is 4.98 Å². The van der Waals surface area contributed by atoms with Crippen LogP contribution < -0.4 is 5.73 Å². The van der Waals surface area contributed by atoms with Gasteiger partial charge in [0.1, 0.15) is 0 Å². The van der Waals surface area contributed by atoms with Gasteiger partial charge in [0.2, 0.25) is 0 Å². The van der Waals surface area contributed by atoms with E-state index in [1.54, 1.807) is 11.8 Å². The Bertz CT molecular complexity index is 451. The highest BCUT2D eigenvalue weighted by molar-refractivity contribution is 7.98. The molecule has 0 spiro atoms. The van der Waals surface area contributed by atoms with Crippen LogP contribution in [0.4, 0.5) is 5.69 Å². The molecular formula is C11H13N3S. The molecule has 0 bridgehead atoms. The highest BCUT2D eigenvalue weighted by atomic mass is 32.2. The van der Waals surface area contributed by atoms with Crippen molar-refractivity contribution in [3.8, 4) is 0 Å². The molecule has 1 aromatic carbocycles. The van der Waals surface area contributed by atoms with E-state index in [4.69, 9.17) is 5.73 Å². The second-order valence-electron chi connectivity index (χ2n) is 3.32. The molecule has 2 aromatic rings. The molecule has 4 heteroatoms. The lowest BCUT2D eigenvalue weighted by Gasteiger charge is -2.05. The summed E-state index contributed by atoms with van der Waals surface area (Å²) in [6, 6.07) is 7.91. The quantitative estimate of drug-likeness (QED) is 0.636. The molecule has 2 rings (SSSR count). The van der Waals surface area contributed by atoms with Crippen molar-refractivity contribution in [2.75, 3.05) is 5.73 Å². The summed E-state index contributed by atoms with van der Waals surface area (Å²) < 4.78 is 2.02. The molecule has 1 heterocycles. The van der Waals surface area contributed by atoms with Crippen LogP contribution >= 0.6 is 11.8 Å². The molecule has 0 saturated heterocycles. The molecule has 0 amide bonds. The van der Waals surface area contributed by atoms with Crippen molar-refractivity contribution in [2.24, 2.45) is 7.05 Å². The van der Waals surface area contributed by atoms with Crippen LogP contribution in [0.15, 0.2) is 41.7 Å². The van der Waals surface area contributed by atoms with Gasteiger partial charge in [-0.15, -0.1) is 11.8 Å². The van der Waals surface area contributed by atoms with Crippen LogP contribution in [0.3, 0.4) is 0 Å². The van der Waals surface area contributed by atoms with Gasteiger partial charge in [-0.2, -0.15) is 0 Å². The van der Waals surface area contributed by atoms with Crippen molar-refractivity contribution in [3.63, 3.8) is 0 Å². The topological polar surface area (TPSA) is 43.8 Å². The average Bonchev–Trinajstić information content (AvgIpc) is 2.63. The molecule has 2 N–H and O–H groups in total. The first-order valence-electron chi connectivity index (χ1n) is 4.70. The lowest BCUT2D eigenvalue weighted by molar-refractivity contribution is 0.867. The van der Waals surface area contributed by atoms with Gasteiger partial charge in [0, 0.05) is 35.3 Å². The van der Waals surface area contributed by atoms with E-state index in [0.29, 0.717) is 0 Å². The number of hydrogen-bond acceptors (Lipinski definition) is 3. The second-order valence-corrected chi connectivity index (χ2v) is 4.34. The first-order chi connectivity index (χ1) is 7.27. The zero-order valence-corrected chi connectivity index (χ0v) is 9.37.